The van der Waals surface area contributed by atoms with Crippen molar-refractivity contribution in [3.05, 3.63) is 24.3 Å². The van der Waals surface area contributed by atoms with E-state index in [1.165, 1.54) is 18.6 Å². The molecule has 0 aliphatic heterocycles. The van der Waals surface area contributed by atoms with Crippen LogP contribution in [0.3, 0.4) is 0 Å². The van der Waals surface area contributed by atoms with Crippen molar-refractivity contribution in [1.29, 1.82) is 5.41 Å². The highest BCUT2D eigenvalue weighted by Crippen LogP contribution is 1.91. The molecule has 1 aromatic rings. The molecule has 1 aromatic heterocycles. The molecule has 0 aliphatic rings. The van der Waals surface area contributed by atoms with Gasteiger partial charge >= 0.3 is 0 Å². The van der Waals surface area contributed by atoms with E-state index in [2.05, 4.69) is 9.97 Å². The Kier molecular flexibility index (Phi) is 1.48. The summed E-state index contributed by atoms with van der Waals surface area (Å²) in [7, 11) is 0. The normalized spacial score (nSPS) is 9.00. The van der Waals surface area contributed by atoms with E-state index in [-0.39, 0.29) is 5.69 Å². The first-order valence-electron chi connectivity index (χ1n) is 2.31. The van der Waals surface area contributed by atoms with Crippen LogP contribution in [0.4, 0.5) is 4.39 Å². The highest BCUT2D eigenvalue weighted by Gasteiger charge is 1.96. The quantitative estimate of drug-likeness (QED) is 0.563. The standard InChI is InChI=1S/C5H4FN3/c6-5(7)4-1-2-8-3-9-4/h1-3,7H. The Morgan fingerprint density at radius 3 is 2.78 bits per heavy atom. The minimum atomic E-state index is -1.03. The number of hydrogen-bond donors (Lipinski definition) is 1. The molecule has 1 N–H and O–H groups in total. The second kappa shape index (κ2) is 2.30. The fourth-order valence-corrected chi connectivity index (χ4v) is 0.421. The summed E-state index contributed by atoms with van der Waals surface area (Å²) in [6, 6.07) is 1.34. The molecule has 0 amide bonds. The van der Waals surface area contributed by atoms with Crippen molar-refractivity contribution in [2.75, 3.05) is 0 Å². The molecule has 0 saturated carbocycles. The van der Waals surface area contributed by atoms with Crippen molar-refractivity contribution >= 4 is 5.97 Å². The van der Waals surface area contributed by atoms with Crippen LogP contribution < -0.4 is 0 Å². The van der Waals surface area contributed by atoms with Crippen molar-refractivity contribution in [2.45, 2.75) is 0 Å². The monoisotopic (exact) mass is 125 g/mol. The van der Waals surface area contributed by atoms with E-state index >= 15 is 0 Å². The molecule has 0 atom stereocenters. The average molecular weight is 125 g/mol. The third-order valence-electron chi connectivity index (χ3n) is 0.807. The van der Waals surface area contributed by atoms with Crippen LogP contribution in [0.1, 0.15) is 5.69 Å². The lowest BCUT2D eigenvalue weighted by molar-refractivity contribution is 0.789. The zero-order valence-electron chi connectivity index (χ0n) is 4.50. The van der Waals surface area contributed by atoms with E-state index in [4.69, 9.17) is 5.41 Å². The minimum Gasteiger partial charge on any atom is -0.272 e. The summed E-state index contributed by atoms with van der Waals surface area (Å²) in [5, 5.41) is 6.48. The van der Waals surface area contributed by atoms with Crippen LogP contribution in [0, 0.1) is 5.41 Å². The summed E-state index contributed by atoms with van der Waals surface area (Å²) in [6.45, 7) is 0. The molecule has 0 aliphatic carbocycles. The van der Waals surface area contributed by atoms with Gasteiger partial charge in [-0.05, 0) is 6.07 Å². The van der Waals surface area contributed by atoms with Crippen LogP contribution >= 0.6 is 0 Å². The third kappa shape index (κ3) is 1.28. The van der Waals surface area contributed by atoms with E-state index in [1.807, 2.05) is 0 Å². The van der Waals surface area contributed by atoms with Crippen molar-refractivity contribution in [3.63, 3.8) is 0 Å². The topological polar surface area (TPSA) is 49.6 Å². The fraction of sp³-hybridized carbons (Fsp3) is 0. The third-order valence-corrected chi connectivity index (χ3v) is 0.807. The Bertz CT molecular complexity index is 209. The van der Waals surface area contributed by atoms with Crippen LogP contribution in [-0.2, 0) is 0 Å². The lowest BCUT2D eigenvalue weighted by Gasteiger charge is -1.87. The first kappa shape index (κ1) is 5.81. The molecule has 0 aromatic carbocycles. The highest BCUT2D eigenvalue weighted by molar-refractivity contribution is 5.88. The molecular weight excluding hydrogens is 121 g/mol. The highest BCUT2D eigenvalue weighted by atomic mass is 19.1. The molecule has 0 radical (unpaired) electrons. The molecule has 46 valence electrons. The Morgan fingerprint density at radius 1 is 1.67 bits per heavy atom. The summed E-state index contributed by atoms with van der Waals surface area (Å²) in [6.07, 6.45) is 2.58. The van der Waals surface area contributed by atoms with Crippen LogP contribution in [0.15, 0.2) is 18.6 Å². The summed E-state index contributed by atoms with van der Waals surface area (Å²) >= 11 is 0. The van der Waals surface area contributed by atoms with Gasteiger partial charge in [0.1, 0.15) is 12.0 Å². The van der Waals surface area contributed by atoms with Gasteiger partial charge in [0.05, 0.1) is 0 Å². The maximum absolute atomic E-state index is 11.9. The zero-order chi connectivity index (χ0) is 6.69. The van der Waals surface area contributed by atoms with Gasteiger partial charge in [-0.1, -0.05) is 0 Å². The van der Waals surface area contributed by atoms with Gasteiger partial charge in [0.2, 0.25) is 5.97 Å². The lowest BCUT2D eigenvalue weighted by Crippen LogP contribution is -1.93. The smallest absolute Gasteiger partial charge is 0.231 e. The van der Waals surface area contributed by atoms with Crippen LogP contribution in [-0.4, -0.2) is 15.9 Å². The second-order valence-electron chi connectivity index (χ2n) is 1.41. The predicted octanol–water partition coefficient (Wildman–Crippen LogP) is 0.771. The van der Waals surface area contributed by atoms with Crippen LogP contribution in [0.25, 0.3) is 0 Å². The second-order valence-corrected chi connectivity index (χ2v) is 1.41. The molecule has 0 spiro atoms. The Balaban J connectivity index is 2.98. The Morgan fingerprint density at radius 2 is 2.44 bits per heavy atom. The Hall–Kier alpha value is -1.32. The van der Waals surface area contributed by atoms with Gasteiger partial charge in [0.15, 0.2) is 0 Å². The van der Waals surface area contributed by atoms with Gasteiger partial charge in [-0.15, -0.1) is 0 Å². The van der Waals surface area contributed by atoms with Crippen molar-refractivity contribution in [1.82, 2.24) is 9.97 Å². The molecule has 4 heteroatoms. The summed E-state index contributed by atoms with van der Waals surface area (Å²) in [5.41, 5.74) is 0.0185. The maximum Gasteiger partial charge on any atom is 0.231 e. The summed E-state index contributed by atoms with van der Waals surface area (Å²) < 4.78 is 11.9. The van der Waals surface area contributed by atoms with Gasteiger partial charge in [-0.25, -0.2) is 9.97 Å². The zero-order valence-corrected chi connectivity index (χ0v) is 4.50. The largest absolute Gasteiger partial charge is 0.272 e. The molecule has 9 heavy (non-hydrogen) atoms. The SMILES string of the molecule is N=C(F)c1ccncn1. The van der Waals surface area contributed by atoms with Crippen molar-refractivity contribution in [2.24, 2.45) is 0 Å². The Labute approximate surface area is 51.1 Å². The first-order chi connectivity index (χ1) is 4.30. The number of hydrogen-bond acceptors (Lipinski definition) is 3. The summed E-state index contributed by atoms with van der Waals surface area (Å²) in [4.78, 5) is 7.02. The molecular formula is C5H4FN3. The number of rotatable bonds is 1. The van der Waals surface area contributed by atoms with Gasteiger partial charge in [0.25, 0.3) is 0 Å². The number of nitrogens with zero attached hydrogens (tertiary/aromatic N) is 2. The predicted molar refractivity (Wildman–Crippen MR) is 30.0 cm³/mol. The van der Waals surface area contributed by atoms with Gasteiger partial charge in [-0.2, -0.15) is 4.39 Å². The molecule has 1 rings (SSSR count). The average Bonchev–Trinajstić information content (AvgIpc) is 1.90. The molecule has 0 unspecified atom stereocenters. The molecule has 0 bridgehead atoms. The van der Waals surface area contributed by atoms with Gasteiger partial charge in [0, 0.05) is 6.20 Å². The maximum atomic E-state index is 11.9. The van der Waals surface area contributed by atoms with E-state index in [0.717, 1.165) is 0 Å². The van der Waals surface area contributed by atoms with E-state index in [0.29, 0.717) is 0 Å². The van der Waals surface area contributed by atoms with Crippen molar-refractivity contribution < 1.29 is 4.39 Å². The summed E-state index contributed by atoms with van der Waals surface area (Å²) in [5.74, 6) is -1.03. The van der Waals surface area contributed by atoms with Crippen LogP contribution in [0.2, 0.25) is 0 Å². The first-order valence-corrected chi connectivity index (χ1v) is 2.31. The fourth-order valence-electron chi connectivity index (χ4n) is 0.421. The van der Waals surface area contributed by atoms with E-state index < -0.39 is 5.97 Å². The molecule has 3 nitrogen and oxygen atoms in total. The van der Waals surface area contributed by atoms with Crippen molar-refractivity contribution in [3.8, 4) is 0 Å². The number of halogens is 1. The van der Waals surface area contributed by atoms with Gasteiger partial charge in [-0.3, -0.25) is 5.41 Å². The number of nitrogens with one attached hydrogen (secondary N) is 1. The lowest BCUT2D eigenvalue weighted by atomic mass is 10.4. The number of aromatic nitrogens is 2. The molecule has 0 saturated heterocycles. The van der Waals surface area contributed by atoms with Gasteiger partial charge < -0.3 is 0 Å². The molecule has 1 heterocycles. The minimum absolute atomic E-state index is 0.0185. The van der Waals surface area contributed by atoms with E-state index in [1.54, 1.807) is 0 Å². The van der Waals surface area contributed by atoms with Crippen LogP contribution in [0.5, 0.6) is 0 Å². The van der Waals surface area contributed by atoms with E-state index in [9.17, 15) is 4.39 Å². The molecule has 0 fully saturated rings.